The molecule has 0 bridgehead atoms. The highest BCUT2D eigenvalue weighted by Crippen LogP contribution is 2.14. The fourth-order valence-corrected chi connectivity index (χ4v) is 2.19. The number of nitrogens with one attached hydrogen (secondary N) is 1. The number of methoxy groups -OCH3 is 1. The van der Waals surface area contributed by atoms with Gasteiger partial charge < -0.3 is 14.8 Å². The van der Waals surface area contributed by atoms with Crippen LogP contribution in [0.15, 0.2) is 0 Å². The van der Waals surface area contributed by atoms with Crippen molar-refractivity contribution in [2.45, 2.75) is 38.8 Å². The number of nitrogens with zero attached hydrogens (tertiary/aromatic N) is 1. The Morgan fingerprint density at radius 1 is 1.29 bits per heavy atom. The van der Waals surface area contributed by atoms with Crippen LogP contribution >= 0.6 is 0 Å². The van der Waals surface area contributed by atoms with Gasteiger partial charge in [0.15, 0.2) is 0 Å². The lowest BCUT2D eigenvalue weighted by Crippen LogP contribution is -2.60. The van der Waals surface area contributed by atoms with Crippen LogP contribution in [-0.2, 0) is 9.47 Å². The largest absolute Gasteiger partial charge is 0.382 e. The molecule has 0 spiro atoms. The monoisotopic (exact) mass is 244 g/mol. The summed E-state index contributed by atoms with van der Waals surface area (Å²) in [7, 11) is 1.70. The third kappa shape index (κ3) is 5.82. The molecule has 4 heteroatoms. The molecule has 1 unspecified atom stereocenters. The fraction of sp³-hybridized carbons (Fsp3) is 1.00. The van der Waals surface area contributed by atoms with Gasteiger partial charge in [0.1, 0.15) is 0 Å². The summed E-state index contributed by atoms with van der Waals surface area (Å²) in [6.07, 6.45) is 1.10. The number of hydrogen-bond donors (Lipinski definition) is 1. The van der Waals surface area contributed by atoms with Crippen LogP contribution in [0, 0.1) is 0 Å². The zero-order valence-corrected chi connectivity index (χ0v) is 11.8. The molecule has 0 amide bonds. The van der Waals surface area contributed by atoms with Gasteiger partial charge in [-0.15, -0.1) is 0 Å². The van der Waals surface area contributed by atoms with Crippen molar-refractivity contribution in [1.29, 1.82) is 0 Å². The minimum atomic E-state index is 0.240. The average molecular weight is 244 g/mol. The Bertz CT molecular complexity index is 210. The van der Waals surface area contributed by atoms with E-state index in [9.17, 15) is 0 Å². The van der Waals surface area contributed by atoms with E-state index in [2.05, 4.69) is 31.0 Å². The fourth-order valence-electron chi connectivity index (χ4n) is 2.19. The predicted octanol–water partition coefficient (Wildman–Crippen LogP) is 1.11. The molecular formula is C13H28N2O2. The standard InChI is InChI=1S/C13H28N2O2/c1-12-10-14-13(2,3)11-15(12)6-5-7-17-9-8-16-4/h12,14H,5-11H2,1-4H3. The second-order valence-corrected chi connectivity index (χ2v) is 5.54. The zero-order chi connectivity index (χ0) is 12.7. The molecule has 1 saturated heterocycles. The molecule has 1 aliphatic heterocycles. The van der Waals surface area contributed by atoms with Crippen LogP contribution in [-0.4, -0.2) is 63.0 Å². The molecule has 0 aromatic rings. The van der Waals surface area contributed by atoms with E-state index < -0.39 is 0 Å². The highest BCUT2D eigenvalue weighted by atomic mass is 16.5. The van der Waals surface area contributed by atoms with Crippen LogP contribution in [0.5, 0.6) is 0 Å². The third-order valence-electron chi connectivity index (χ3n) is 3.26. The molecule has 1 heterocycles. The van der Waals surface area contributed by atoms with Crippen LogP contribution in [0.3, 0.4) is 0 Å². The lowest BCUT2D eigenvalue weighted by atomic mass is 9.99. The minimum absolute atomic E-state index is 0.240. The van der Waals surface area contributed by atoms with Gasteiger partial charge in [0, 0.05) is 44.9 Å². The number of piperazine rings is 1. The summed E-state index contributed by atoms with van der Waals surface area (Å²) >= 11 is 0. The van der Waals surface area contributed by atoms with Crippen LogP contribution in [0.2, 0.25) is 0 Å². The van der Waals surface area contributed by atoms with Gasteiger partial charge in [-0.3, -0.25) is 4.90 Å². The highest BCUT2D eigenvalue weighted by molar-refractivity contribution is 4.90. The van der Waals surface area contributed by atoms with Gasteiger partial charge in [-0.05, 0) is 27.2 Å². The molecule has 17 heavy (non-hydrogen) atoms. The van der Waals surface area contributed by atoms with Crippen LogP contribution in [0.25, 0.3) is 0 Å². The minimum Gasteiger partial charge on any atom is -0.382 e. The number of ether oxygens (including phenoxy) is 2. The highest BCUT2D eigenvalue weighted by Gasteiger charge is 2.29. The van der Waals surface area contributed by atoms with Gasteiger partial charge in [0.05, 0.1) is 13.2 Å². The van der Waals surface area contributed by atoms with E-state index in [0.717, 1.165) is 32.7 Å². The molecule has 0 saturated carbocycles. The van der Waals surface area contributed by atoms with E-state index in [0.29, 0.717) is 19.3 Å². The van der Waals surface area contributed by atoms with Gasteiger partial charge in [0.2, 0.25) is 0 Å². The molecule has 1 N–H and O–H groups in total. The van der Waals surface area contributed by atoms with Crippen molar-refractivity contribution in [2.75, 3.05) is 46.6 Å². The molecule has 102 valence electrons. The first-order chi connectivity index (χ1) is 8.05. The van der Waals surface area contributed by atoms with Gasteiger partial charge in [-0.2, -0.15) is 0 Å². The van der Waals surface area contributed by atoms with E-state index in [1.807, 2.05) is 0 Å². The lowest BCUT2D eigenvalue weighted by Gasteiger charge is -2.43. The summed E-state index contributed by atoms with van der Waals surface area (Å²) in [5.41, 5.74) is 0.240. The summed E-state index contributed by atoms with van der Waals surface area (Å²) < 4.78 is 10.4. The summed E-state index contributed by atoms with van der Waals surface area (Å²) in [5, 5.41) is 3.57. The first-order valence-corrected chi connectivity index (χ1v) is 6.61. The first kappa shape index (κ1) is 14.9. The molecule has 1 aliphatic rings. The van der Waals surface area contributed by atoms with Crippen LogP contribution < -0.4 is 5.32 Å². The topological polar surface area (TPSA) is 33.7 Å². The van der Waals surface area contributed by atoms with E-state index in [4.69, 9.17) is 9.47 Å². The van der Waals surface area contributed by atoms with Crippen molar-refractivity contribution < 1.29 is 9.47 Å². The van der Waals surface area contributed by atoms with Gasteiger partial charge in [-0.1, -0.05) is 0 Å². The molecule has 0 radical (unpaired) electrons. The molecule has 4 nitrogen and oxygen atoms in total. The average Bonchev–Trinajstić information content (AvgIpc) is 2.28. The molecule has 0 aliphatic carbocycles. The van der Waals surface area contributed by atoms with E-state index in [1.165, 1.54) is 0 Å². The maximum Gasteiger partial charge on any atom is 0.0700 e. The molecular weight excluding hydrogens is 216 g/mol. The molecule has 1 fully saturated rings. The summed E-state index contributed by atoms with van der Waals surface area (Å²) in [6.45, 7) is 12.4. The normalized spacial score (nSPS) is 25.1. The van der Waals surface area contributed by atoms with Crippen molar-refractivity contribution in [3.05, 3.63) is 0 Å². The summed E-state index contributed by atoms with van der Waals surface area (Å²) in [4.78, 5) is 2.55. The van der Waals surface area contributed by atoms with Gasteiger partial charge in [0.25, 0.3) is 0 Å². The van der Waals surface area contributed by atoms with E-state index >= 15 is 0 Å². The Kier molecular flexibility index (Phi) is 6.41. The second-order valence-electron chi connectivity index (χ2n) is 5.54. The summed E-state index contributed by atoms with van der Waals surface area (Å²) in [5.74, 6) is 0. The number of hydrogen-bond acceptors (Lipinski definition) is 4. The first-order valence-electron chi connectivity index (χ1n) is 6.61. The Morgan fingerprint density at radius 3 is 2.76 bits per heavy atom. The zero-order valence-electron chi connectivity index (χ0n) is 11.8. The van der Waals surface area contributed by atoms with Crippen molar-refractivity contribution in [2.24, 2.45) is 0 Å². The van der Waals surface area contributed by atoms with Crippen LogP contribution in [0.4, 0.5) is 0 Å². The molecule has 0 aromatic heterocycles. The van der Waals surface area contributed by atoms with E-state index in [1.54, 1.807) is 7.11 Å². The van der Waals surface area contributed by atoms with Gasteiger partial charge >= 0.3 is 0 Å². The quantitative estimate of drug-likeness (QED) is 0.680. The lowest BCUT2D eigenvalue weighted by molar-refractivity contribution is 0.0541. The maximum absolute atomic E-state index is 5.49. The predicted molar refractivity (Wildman–Crippen MR) is 70.4 cm³/mol. The molecule has 1 atom stereocenters. The van der Waals surface area contributed by atoms with Crippen molar-refractivity contribution in [3.8, 4) is 0 Å². The van der Waals surface area contributed by atoms with Crippen molar-refractivity contribution in [3.63, 3.8) is 0 Å². The SMILES string of the molecule is COCCOCCCN1CC(C)(C)NCC1C. The Balaban J connectivity index is 2.12. The second kappa shape index (κ2) is 7.31. The van der Waals surface area contributed by atoms with E-state index in [-0.39, 0.29) is 5.54 Å². The smallest absolute Gasteiger partial charge is 0.0700 e. The van der Waals surface area contributed by atoms with Gasteiger partial charge in [-0.25, -0.2) is 0 Å². The molecule has 1 rings (SSSR count). The van der Waals surface area contributed by atoms with Crippen molar-refractivity contribution in [1.82, 2.24) is 10.2 Å². The maximum atomic E-state index is 5.49. The molecule has 0 aromatic carbocycles. The summed E-state index contributed by atoms with van der Waals surface area (Å²) in [6, 6.07) is 0.627. The Morgan fingerprint density at radius 2 is 2.06 bits per heavy atom. The Labute approximate surface area is 106 Å². The third-order valence-corrected chi connectivity index (χ3v) is 3.26. The number of rotatable bonds is 7. The Hall–Kier alpha value is -0.160. The van der Waals surface area contributed by atoms with Crippen molar-refractivity contribution >= 4 is 0 Å². The van der Waals surface area contributed by atoms with Crippen LogP contribution in [0.1, 0.15) is 27.2 Å².